The van der Waals surface area contributed by atoms with Crippen LogP contribution in [-0.4, -0.2) is 75.9 Å². The van der Waals surface area contributed by atoms with Crippen molar-refractivity contribution < 1.29 is 19.8 Å². The van der Waals surface area contributed by atoms with E-state index < -0.39 is 17.7 Å². The average Bonchev–Trinajstić information content (AvgIpc) is 2.85. The molecule has 6 rings (SSSR count). The number of carbonyl (C=O) groups excluding carboxylic acids is 2. The second kappa shape index (κ2) is 11.2. The molecule has 1 saturated heterocycles. The van der Waals surface area contributed by atoms with Crippen molar-refractivity contribution in [2.75, 3.05) is 24.5 Å². The van der Waals surface area contributed by atoms with Crippen LogP contribution in [0.15, 0.2) is 24.3 Å². The van der Waals surface area contributed by atoms with Crippen molar-refractivity contribution in [2.45, 2.75) is 95.5 Å². The second-order valence-corrected chi connectivity index (χ2v) is 14.6. The van der Waals surface area contributed by atoms with E-state index in [9.17, 15) is 19.8 Å². The van der Waals surface area contributed by atoms with E-state index in [4.69, 9.17) is 17.3 Å². The van der Waals surface area contributed by atoms with E-state index in [0.29, 0.717) is 41.6 Å². The lowest BCUT2D eigenvalue weighted by atomic mass is 9.52. The van der Waals surface area contributed by atoms with E-state index in [1.807, 2.05) is 36.9 Å². The Kier molecular flexibility index (Phi) is 8.32. The fraction of sp³-hybridized carbons (Fsp3) is 0.742. The molecule has 8 nitrogen and oxygen atoms in total. The zero-order valence-electron chi connectivity index (χ0n) is 24.4. The molecule has 0 spiro atoms. The molecule has 0 radical (unpaired) electrons. The van der Waals surface area contributed by atoms with Gasteiger partial charge in [0.25, 0.3) is 0 Å². The molecule has 4 saturated carbocycles. The Morgan fingerprint density at radius 1 is 1.18 bits per heavy atom. The first-order valence-electron chi connectivity index (χ1n) is 15.0. The molecule has 0 aromatic heterocycles. The summed E-state index contributed by atoms with van der Waals surface area (Å²) in [6, 6.07) is 6.84. The summed E-state index contributed by atoms with van der Waals surface area (Å²) in [7, 11) is 0. The summed E-state index contributed by atoms with van der Waals surface area (Å²) >= 11 is 6.38. The van der Waals surface area contributed by atoms with E-state index >= 15 is 0 Å². The summed E-state index contributed by atoms with van der Waals surface area (Å²) < 4.78 is 0. The first-order chi connectivity index (χ1) is 18.8. The van der Waals surface area contributed by atoms with Gasteiger partial charge >= 0.3 is 0 Å². The maximum atomic E-state index is 13.6. The maximum Gasteiger partial charge on any atom is 0.241 e. The first kappa shape index (κ1) is 29.8. The number of aliphatic hydroxyl groups excluding tert-OH is 1. The Labute approximate surface area is 243 Å². The minimum absolute atomic E-state index is 0.0189. The van der Waals surface area contributed by atoms with Crippen LogP contribution >= 0.6 is 11.6 Å². The number of amides is 2. The molecule has 4 bridgehead atoms. The van der Waals surface area contributed by atoms with Crippen molar-refractivity contribution >= 4 is 29.1 Å². The van der Waals surface area contributed by atoms with Crippen LogP contribution < -0.4 is 16.0 Å². The standard InChI is InChI=1S/C31H47ClN4O4/c1-18(2)22(29(39)34-28-20-9-19-10-21(28)14-31(40,12-19)13-20)11-26(37)24(33)15-35-16-27(38)36(17-30(35,3)4)25-8-6-5-7-23(25)32/h5-8,18-22,24,26,28,37,40H,9-17,33H2,1-4H3,(H,34,39)/t19?,20?,21?,22-,24-,26-,28?,31?/m0/s1. The van der Waals surface area contributed by atoms with Gasteiger partial charge in [0.05, 0.1) is 29.0 Å². The summed E-state index contributed by atoms with van der Waals surface area (Å²) in [5.74, 6) is 0.851. The zero-order chi connectivity index (χ0) is 29.0. The number of nitrogens with two attached hydrogens (primary N) is 1. The van der Waals surface area contributed by atoms with Gasteiger partial charge in [0.1, 0.15) is 0 Å². The minimum atomic E-state index is -0.884. The van der Waals surface area contributed by atoms with Gasteiger partial charge in [-0.25, -0.2) is 0 Å². The molecule has 5 N–H and O–H groups in total. The number of nitrogens with one attached hydrogen (secondary N) is 1. The van der Waals surface area contributed by atoms with Gasteiger partial charge in [-0.1, -0.05) is 37.6 Å². The van der Waals surface area contributed by atoms with E-state index in [1.54, 1.807) is 11.0 Å². The topological polar surface area (TPSA) is 119 Å². The monoisotopic (exact) mass is 574 g/mol. The molecule has 1 aromatic rings. The van der Waals surface area contributed by atoms with Crippen LogP contribution in [0.2, 0.25) is 5.02 Å². The van der Waals surface area contributed by atoms with Crippen LogP contribution in [0, 0.1) is 29.6 Å². The largest absolute Gasteiger partial charge is 0.391 e. The van der Waals surface area contributed by atoms with E-state index in [-0.39, 0.29) is 48.2 Å². The molecule has 2 unspecified atom stereocenters. The number of anilines is 1. The highest BCUT2D eigenvalue weighted by Gasteiger charge is 2.55. The molecule has 1 aromatic carbocycles. The Morgan fingerprint density at radius 2 is 1.82 bits per heavy atom. The lowest BCUT2D eigenvalue weighted by molar-refractivity contribution is -0.149. The van der Waals surface area contributed by atoms with Crippen molar-refractivity contribution in [3.63, 3.8) is 0 Å². The number of nitrogens with zero attached hydrogens (tertiary/aromatic N) is 2. The molecule has 1 heterocycles. The van der Waals surface area contributed by atoms with Gasteiger partial charge in [-0.3, -0.25) is 14.5 Å². The highest BCUT2D eigenvalue weighted by atomic mass is 35.5. The van der Waals surface area contributed by atoms with E-state index in [0.717, 1.165) is 32.1 Å². The smallest absolute Gasteiger partial charge is 0.241 e. The van der Waals surface area contributed by atoms with Crippen molar-refractivity contribution in [3.8, 4) is 0 Å². The predicted molar refractivity (Wildman–Crippen MR) is 157 cm³/mol. The highest BCUT2D eigenvalue weighted by molar-refractivity contribution is 6.33. The van der Waals surface area contributed by atoms with Crippen molar-refractivity contribution in [1.82, 2.24) is 10.2 Å². The Morgan fingerprint density at radius 3 is 2.42 bits per heavy atom. The number of benzene rings is 1. The molecule has 2 amide bonds. The van der Waals surface area contributed by atoms with Crippen molar-refractivity contribution in [1.29, 1.82) is 0 Å². The summed E-state index contributed by atoms with van der Waals surface area (Å²) in [6.07, 6.45) is 4.03. The van der Waals surface area contributed by atoms with Crippen LogP contribution in [0.4, 0.5) is 5.69 Å². The average molecular weight is 575 g/mol. The van der Waals surface area contributed by atoms with Gasteiger partial charge < -0.3 is 26.2 Å². The summed E-state index contributed by atoms with van der Waals surface area (Å²) in [4.78, 5) is 30.4. The molecule has 5 atom stereocenters. The Hall–Kier alpha value is -1.71. The molecule has 5 fully saturated rings. The van der Waals surface area contributed by atoms with Crippen LogP contribution in [-0.2, 0) is 9.59 Å². The SMILES string of the molecule is CC(C)[C@H](C[C@H](O)[C@@H](N)CN1CC(=O)N(c2ccccc2Cl)CC1(C)C)C(=O)NC1C2CC3CC1CC(O)(C3)C2. The molecule has 4 aliphatic carbocycles. The van der Waals surface area contributed by atoms with E-state index in [2.05, 4.69) is 19.2 Å². The van der Waals surface area contributed by atoms with Crippen LogP contribution in [0.3, 0.4) is 0 Å². The Balaban J connectivity index is 1.19. The number of halogens is 1. The van der Waals surface area contributed by atoms with Gasteiger partial charge in [0.15, 0.2) is 0 Å². The quantitative estimate of drug-likeness (QED) is 0.360. The number of rotatable bonds is 9. The lowest BCUT2D eigenvalue weighted by Gasteiger charge is -2.58. The molecular formula is C31H47ClN4O4. The van der Waals surface area contributed by atoms with Gasteiger partial charge in [0, 0.05) is 36.6 Å². The number of carbonyl (C=O) groups is 2. The van der Waals surface area contributed by atoms with Crippen molar-refractivity contribution in [2.24, 2.45) is 35.3 Å². The lowest BCUT2D eigenvalue weighted by Crippen LogP contribution is -2.64. The van der Waals surface area contributed by atoms with Crippen molar-refractivity contribution in [3.05, 3.63) is 29.3 Å². The normalized spacial score (nSPS) is 33.7. The Bertz CT molecular complexity index is 1100. The molecule has 40 heavy (non-hydrogen) atoms. The third-order valence-electron chi connectivity index (χ3n) is 10.3. The molecular weight excluding hydrogens is 528 g/mol. The van der Waals surface area contributed by atoms with Gasteiger partial charge in [0.2, 0.25) is 11.8 Å². The molecule has 1 aliphatic heterocycles. The number of hydrogen-bond acceptors (Lipinski definition) is 6. The molecule has 5 aliphatic rings. The van der Waals surface area contributed by atoms with E-state index in [1.165, 1.54) is 0 Å². The van der Waals surface area contributed by atoms with Gasteiger partial charge in [-0.05, 0) is 88.2 Å². The highest BCUT2D eigenvalue weighted by Crippen LogP contribution is 2.55. The summed E-state index contributed by atoms with van der Waals surface area (Å²) in [5, 5.41) is 26.0. The maximum absolute atomic E-state index is 13.6. The number of aliphatic hydroxyl groups is 2. The van der Waals surface area contributed by atoms with Gasteiger partial charge in [-0.2, -0.15) is 0 Å². The predicted octanol–water partition coefficient (Wildman–Crippen LogP) is 3.17. The number of hydrogen-bond donors (Lipinski definition) is 4. The fourth-order valence-corrected chi connectivity index (χ4v) is 8.46. The third-order valence-corrected chi connectivity index (χ3v) is 10.6. The number of para-hydroxylation sites is 1. The fourth-order valence-electron chi connectivity index (χ4n) is 8.22. The molecule has 9 heteroatoms. The second-order valence-electron chi connectivity index (χ2n) is 14.2. The minimum Gasteiger partial charge on any atom is -0.391 e. The number of piperazine rings is 1. The van der Waals surface area contributed by atoms with Crippen LogP contribution in [0.5, 0.6) is 0 Å². The molecule has 222 valence electrons. The van der Waals surface area contributed by atoms with Crippen LogP contribution in [0.25, 0.3) is 0 Å². The summed E-state index contributed by atoms with van der Waals surface area (Å²) in [6.45, 7) is 9.12. The third kappa shape index (κ3) is 5.93. The summed E-state index contributed by atoms with van der Waals surface area (Å²) in [5.41, 5.74) is 6.31. The van der Waals surface area contributed by atoms with Crippen LogP contribution in [0.1, 0.15) is 66.2 Å². The zero-order valence-corrected chi connectivity index (χ0v) is 25.1. The first-order valence-corrected chi connectivity index (χ1v) is 15.4. The van der Waals surface area contributed by atoms with Gasteiger partial charge in [-0.15, -0.1) is 0 Å².